The molecule has 0 bridgehead atoms. The van der Waals surface area contributed by atoms with Crippen molar-refractivity contribution in [3.8, 4) is 0 Å². The molecule has 0 aliphatic carbocycles. The molecule has 120 valence electrons. The fourth-order valence-electron chi connectivity index (χ4n) is 2.05. The molecule has 0 aliphatic heterocycles. The Bertz CT molecular complexity index is 694. The Labute approximate surface area is 136 Å². The van der Waals surface area contributed by atoms with Gasteiger partial charge in [0, 0.05) is 11.7 Å². The highest BCUT2D eigenvalue weighted by Gasteiger charge is 2.13. The molecule has 0 saturated carbocycles. The lowest BCUT2D eigenvalue weighted by Crippen LogP contribution is -2.34. The number of aryl methyl sites for hydroxylation is 1. The highest BCUT2D eigenvalue weighted by molar-refractivity contribution is 6.09. The monoisotopic (exact) mass is 311 g/mol. The molecule has 0 spiro atoms. The second-order valence-corrected chi connectivity index (χ2v) is 5.62. The Balaban J connectivity index is 2.14. The number of anilines is 2. The van der Waals surface area contributed by atoms with Crippen LogP contribution in [0.2, 0.25) is 0 Å². The number of rotatable bonds is 4. The van der Waals surface area contributed by atoms with E-state index >= 15 is 0 Å². The minimum absolute atomic E-state index is 0.0172. The predicted octanol–water partition coefficient (Wildman–Crippen LogP) is 3.78. The third-order valence-electron chi connectivity index (χ3n) is 3.15. The van der Waals surface area contributed by atoms with Gasteiger partial charge in [0.2, 0.25) is 0 Å². The molecular weight excluding hydrogens is 290 g/mol. The number of amides is 3. The van der Waals surface area contributed by atoms with Gasteiger partial charge in [-0.2, -0.15) is 0 Å². The summed E-state index contributed by atoms with van der Waals surface area (Å²) in [5.74, 6) is -0.269. The molecule has 3 amide bonds. The smallest absolute Gasteiger partial charge is 0.319 e. The number of carbonyl (C=O) groups excluding carboxylic acids is 2. The van der Waals surface area contributed by atoms with E-state index in [9.17, 15) is 9.59 Å². The normalized spacial score (nSPS) is 10.3. The molecule has 23 heavy (non-hydrogen) atoms. The number of hydrogen-bond donors (Lipinski definition) is 3. The van der Waals surface area contributed by atoms with Gasteiger partial charge in [0.15, 0.2) is 0 Å². The number of para-hydroxylation sites is 1. The molecule has 0 radical (unpaired) electrons. The minimum Gasteiger partial charge on any atom is -0.336 e. The second kappa shape index (κ2) is 7.45. The molecule has 2 aromatic rings. The number of nitrogens with one attached hydrogen (secondary N) is 3. The second-order valence-electron chi connectivity index (χ2n) is 5.62. The van der Waals surface area contributed by atoms with Gasteiger partial charge in [0.1, 0.15) is 0 Å². The SMILES string of the molecule is Cc1ccc(NC(=O)c2ccccc2NC(=O)NC(C)C)cc1. The molecular formula is C18H21N3O2. The molecule has 0 aliphatic rings. The van der Waals surface area contributed by atoms with Crippen LogP contribution in [0.15, 0.2) is 48.5 Å². The lowest BCUT2D eigenvalue weighted by molar-refractivity contribution is 0.102. The summed E-state index contributed by atoms with van der Waals surface area (Å²) in [5.41, 5.74) is 2.71. The van der Waals surface area contributed by atoms with Crippen molar-refractivity contribution >= 4 is 23.3 Å². The van der Waals surface area contributed by atoms with Crippen molar-refractivity contribution in [2.24, 2.45) is 0 Å². The van der Waals surface area contributed by atoms with Crippen LogP contribution in [0.5, 0.6) is 0 Å². The molecule has 3 N–H and O–H groups in total. The van der Waals surface area contributed by atoms with Gasteiger partial charge in [-0.1, -0.05) is 29.8 Å². The number of benzene rings is 2. The molecule has 0 atom stereocenters. The van der Waals surface area contributed by atoms with Crippen LogP contribution in [-0.4, -0.2) is 18.0 Å². The summed E-state index contributed by atoms with van der Waals surface area (Å²) in [5, 5.41) is 8.27. The van der Waals surface area contributed by atoms with Crippen molar-refractivity contribution in [3.05, 3.63) is 59.7 Å². The molecule has 5 heteroatoms. The maximum Gasteiger partial charge on any atom is 0.319 e. The van der Waals surface area contributed by atoms with Gasteiger partial charge in [-0.3, -0.25) is 4.79 Å². The Morgan fingerprint density at radius 2 is 1.57 bits per heavy atom. The third-order valence-corrected chi connectivity index (χ3v) is 3.15. The van der Waals surface area contributed by atoms with Crippen LogP contribution in [-0.2, 0) is 0 Å². The quantitative estimate of drug-likeness (QED) is 0.804. The Morgan fingerprint density at radius 3 is 2.22 bits per heavy atom. The highest BCUT2D eigenvalue weighted by atomic mass is 16.2. The zero-order valence-corrected chi connectivity index (χ0v) is 13.5. The van der Waals surface area contributed by atoms with E-state index in [-0.39, 0.29) is 18.0 Å². The van der Waals surface area contributed by atoms with Crippen LogP contribution in [0, 0.1) is 6.92 Å². The van der Waals surface area contributed by atoms with Crippen molar-refractivity contribution in [1.82, 2.24) is 5.32 Å². The van der Waals surface area contributed by atoms with Crippen LogP contribution in [0.25, 0.3) is 0 Å². The van der Waals surface area contributed by atoms with Gasteiger partial charge in [0.25, 0.3) is 5.91 Å². The average molecular weight is 311 g/mol. The summed E-state index contributed by atoms with van der Waals surface area (Å²) < 4.78 is 0. The topological polar surface area (TPSA) is 70.2 Å². The number of hydrogen-bond acceptors (Lipinski definition) is 2. The van der Waals surface area contributed by atoms with Gasteiger partial charge in [0.05, 0.1) is 11.3 Å². The molecule has 2 aromatic carbocycles. The van der Waals surface area contributed by atoms with Gasteiger partial charge in [-0.25, -0.2) is 4.79 Å². The standard InChI is InChI=1S/C18H21N3O2/c1-12(2)19-18(23)21-16-7-5-4-6-15(16)17(22)20-14-10-8-13(3)9-11-14/h4-12H,1-3H3,(H,20,22)(H2,19,21,23). The summed E-state index contributed by atoms with van der Waals surface area (Å²) in [4.78, 5) is 24.3. The van der Waals surface area contributed by atoms with E-state index < -0.39 is 0 Å². The lowest BCUT2D eigenvalue weighted by Gasteiger charge is -2.13. The van der Waals surface area contributed by atoms with E-state index in [0.29, 0.717) is 16.9 Å². The zero-order chi connectivity index (χ0) is 16.8. The van der Waals surface area contributed by atoms with Gasteiger partial charge in [-0.15, -0.1) is 0 Å². The molecule has 0 heterocycles. The minimum atomic E-state index is -0.337. The first-order chi connectivity index (χ1) is 11.0. The van der Waals surface area contributed by atoms with Crippen molar-refractivity contribution in [2.75, 3.05) is 10.6 Å². The summed E-state index contributed by atoms with van der Waals surface area (Å²) >= 11 is 0. The maximum absolute atomic E-state index is 12.4. The van der Waals surface area contributed by atoms with Crippen molar-refractivity contribution in [2.45, 2.75) is 26.8 Å². The van der Waals surface area contributed by atoms with E-state index in [1.54, 1.807) is 24.3 Å². The average Bonchev–Trinajstić information content (AvgIpc) is 2.49. The fraction of sp³-hybridized carbons (Fsp3) is 0.222. The van der Waals surface area contributed by atoms with Gasteiger partial charge < -0.3 is 16.0 Å². The first-order valence-electron chi connectivity index (χ1n) is 7.50. The third kappa shape index (κ3) is 4.85. The van der Waals surface area contributed by atoms with Crippen molar-refractivity contribution in [1.29, 1.82) is 0 Å². The molecule has 0 fully saturated rings. The van der Waals surface area contributed by atoms with Crippen molar-refractivity contribution < 1.29 is 9.59 Å². The van der Waals surface area contributed by atoms with Crippen molar-refractivity contribution in [3.63, 3.8) is 0 Å². The van der Waals surface area contributed by atoms with Crippen LogP contribution < -0.4 is 16.0 Å². The van der Waals surface area contributed by atoms with Gasteiger partial charge >= 0.3 is 6.03 Å². The maximum atomic E-state index is 12.4. The molecule has 0 unspecified atom stereocenters. The van der Waals surface area contributed by atoms with E-state index in [2.05, 4.69) is 16.0 Å². The molecule has 0 saturated heterocycles. The first-order valence-corrected chi connectivity index (χ1v) is 7.50. The summed E-state index contributed by atoms with van der Waals surface area (Å²) in [6.45, 7) is 5.73. The van der Waals surface area contributed by atoms with Crippen LogP contribution >= 0.6 is 0 Å². The van der Waals surface area contributed by atoms with E-state index in [1.807, 2.05) is 45.0 Å². The fourth-order valence-corrected chi connectivity index (χ4v) is 2.05. The number of urea groups is 1. The Hall–Kier alpha value is -2.82. The van der Waals surface area contributed by atoms with Gasteiger partial charge in [-0.05, 0) is 45.0 Å². The van der Waals surface area contributed by atoms with Crippen LogP contribution in [0.1, 0.15) is 29.8 Å². The van der Waals surface area contributed by atoms with E-state index in [0.717, 1.165) is 5.56 Å². The van der Waals surface area contributed by atoms with E-state index in [4.69, 9.17) is 0 Å². The Kier molecular flexibility index (Phi) is 5.36. The largest absolute Gasteiger partial charge is 0.336 e. The van der Waals surface area contributed by atoms with Crippen LogP contribution in [0.3, 0.4) is 0 Å². The summed E-state index contributed by atoms with van der Waals surface area (Å²) in [6, 6.07) is 14.1. The first kappa shape index (κ1) is 16.5. The predicted molar refractivity (Wildman–Crippen MR) is 92.9 cm³/mol. The lowest BCUT2D eigenvalue weighted by atomic mass is 10.1. The Morgan fingerprint density at radius 1 is 0.913 bits per heavy atom. The molecule has 5 nitrogen and oxygen atoms in total. The van der Waals surface area contributed by atoms with Crippen LogP contribution in [0.4, 0.5) is 16.2 Å². The highest BCUT2D eigenvalue weighted by Crippen LogP contribution is 2.17. The number of carbonyl (C=O) groups is 2. The summed E-state index contributed by atoms with van der Waals surface area (Å²) in [6.07, 6.45) is 0. The van der Waals surface area contributed by atoms with E-state index in [1.165, 1.54) is 0 Å². The zero-order valence-electron chi connectivity index (χ0n) is 13.5. The molecule has 2 rings (SSSR count). The summed E-state index contributed by atoms with van der Waals surface area (Å²) in [7, 11) is 0. The molecule has 0 aromatic heterocycles.